The average Bonchev–Trinajstić information content (AvgIpc) is 2.75. The molecule has 0 aromatic carbocycles. The number of aliphatic hydroxyl groups is 1. The highest BCUT2D eigenvalue weighted by Crippen LogP contribution is 2.20. The molecule has 2 heterocycles. The highest BCUT2D eigenvalue weighted by atomic mass is 16.3. The van der Waals surface area contributed by atoms with E-state index in [1.807, 2.05) is 7.05 Å². The van der Waals surface area contributed by atoms with E-state index in [4.69, 9.17) is 0 Å². The molecular formula is C11H21N5O. The first-order valence-corrected chi connectivity index (χ1v) is 5.96. The van der Waals surface area contributed by atoms with E-state index in [9.17, 15) is 5.11 Å². The van der Waals surface area contributed by atoms with E-state index in [1.165, 1.54) is 0 Å². The summed E-state index contributed by atoms with van der Waals surface area (Å²) in [4.78, 5) is 8.68. The topological polar surface area (TPSA) is 57.4 Å². The molecule has 1 saturated heterocycles. The molecule has 1 aliphatic rings. The maximum atomic E-state index is 9.78. The third-order valence-corrected chi connectivity index (χ3v) is 3.23. The third kappa shape index (κ3) is 3.02. The summed E-state index contributed by atoms with van der Waals surface area (Å²) in [5, 5.41) is 13.8. The number of likely N-dealkylation sites (N-methyl/N-ethyl adjacent to an activating group) is 1. The van der Waals surface area contributed by atoms with E-state index in [2.05, 4.69) is 34.0 Å². The molecule has 2 rings (SSSR count). The van der Waals surface area contributed by atoms with E-state index < -0.39 is 0 Å². The van der Waals surface area contributed by atoms with Gasteiger partial charge in [-0.3, -0.25) is 9.58 Å². The van der Waals surface area contributed by atoms with Gasteiger partial charge in [0, 0.05) is 26.2 Å². The minimum atomic E-state index is -0.215. The standard InChI is InChI=1S/C11H21N5O/c1-14(2)5-9-4-10(17)6-16(9)7-11-12-8-13-15(11)3/h8-10,17H,4-7H2,1-3H3. The highest BCUT2D eigenvalue weighted by Gasteiger charge is 2.31. The molecule has 1 fully saturated rings. The minimum Gasteiger partial charge on any atom is -0.392 e. The van der Waals surface area contributed by atoms with Gasteiger partial charge in [0.15, 0.2) is 0 Å². The normalized spacial score (nSPS) is 25.9. The van der Waals surface area contributed by atoms with Gasteiger partial charge in [-0.2, -0.15) is 5.10 Å². The van der Waals surface area contributed by atoms with Crippen molar-refractivity contribution in [2.45, 2.75) is 25.1 Å². The van der Waals surface area contributed by atoms with E-state index in [0.29, 0.717) is 6.04 Å². The molecule has 1 aromatic rings. The Hall–Kier alpha value is -0.980. The van der Waals surface area contributed by atoms with Crippen molar-refractivity contribution >= 4 is 0 Å². The molecule has 0 spiro atoms. The Kier molecular flexibility index (Phi) is 3.76. The fourth-order valence-electron chi connectivity index (χ4n) is 2.41. The Morgan fingerprint density at radius 3 is 2.88 bits per heavy atom. The number of rotatable bonds is 4. The number of hydrogen-bond donors (Lipinski definition) is 1. The van der Waals surface area contributed by atoms with Crippen LogP contribution < -0.4 is 0 Å². The molecule has 0 saturated carbocycles. The van der Waals surface area contributed by atoms with Crippen molar-refractivity contribution in [1.82, 2.24) is 24.6 Å². The summed E-state index contributed by atoms with van der Waals surface area (Å²) in [6.45, 7) is 2.45. The van der Waals surface area contributed by atoms with Crippen molar-refractivity contribution in [3.63, 3.8) is 0 Å². The summed E-state index contributed by atoms with van der Waals surface area (Å²) in [6, 6.07) is 0.400. The predicted octanol–water partition coefficient (Wildman–Crippen LogP) is -0.688. The van der Waals surface area contributed by atoms with Crippen LogP contribution in [-0.2, 0) is 13.6 Å². The van der Waals surface area contributed by atoms with Gasteiger partial charge in [0.25, 0.3) is 0 Å². The largest absolute Gasteiger partial charge is 0.392 e. The van der Waals surface area contributed by atoms with E-state index in [-0.39, 0.29) is 6.10 Å². The zero-order chi connectivity index (χ0) is 12.4. The Bertz CT molecular complexity index is 364. The van der Waals surface area contributed by atoms with Gasteiger partial charge >= 0.3 is 0 Å². The molecule has 1 N–H and O–H groups in total. The smallest absolute Gasteiger partial charge is 0.140 e. The number of aromatic nitrogens is 3. The van der Waals surface area contributed by atoms with Crippen LogP contribution in [0.25, 0.3) is 0 Å². The van der Waals surface area contributed by atoms with Crippen LogP contribution in [0.2, 0.25) is 0 Å². The molecule has 6 nitrogen and oxygen atoms in total. The Morgan fingerprint density at radius 2 is 2.29 bits per heavy atom. The first-order valence-electron chi connectivity index (χ1n) is 5.96. The zero-order valence-electron chi connectivity index (χ0n) is 10.7. The number of aliphatic hydroxyl groups excluding tert-OH is 1. The molecule has 0 bridgehead atoms. The number of hydrogen-bond acceptors (Lipinski definition) is 5. The van der Waals surface area contributed by atoms with Crippen LogP contribution in [-0.4, -0.2) is 69.0 Å². The number of nitrogens with zero attached hydrogens (tertiary/aromatic N) is 5. The first kappa shape index (κ1) is 12.5. The van der Waals surface area contributed by atoms with Crippen LogP contribution in [0.4, 0.5) is 0 Å². The summed E-state index contributed by atoms with van der Waals surface area (Å²) in [6.07, 6.45) is 2.20. The molecule has 2 atom stereocenters. The quantitative estimate of drug-likeness (QED) is 0.754. The Morgan fingerprint density at radius 1 is 1.53 bits per heavy atom. The number of aryl methyl sites for hydroxylation is 1. The van der Waals surface area contributed by atoms with Crippen LogP contribution >= 0.6 is 0 Å². The zero-order valence-corrected chi connectivity index (χ0v) is 10.7. The van der Waals surface area contributed by atoms with Gasteiger partial charge in [0.1, 0.15) is 12.2 Å². The predicted molar refractivity (Wildman–Crippen MR) is 64.4 cm³/mol. The maximum absolute atomic E-state index is 9.78. The summed E-state index contributed by atoms with van der Waals surface area (Å²) < 4.78 is 1.79. The molecule has 6 heteroatoms. The number of β-amino-alcohol motifs (C(OH)–C–C–N with tert-alkyl or cyclic N) is 1. The summed E-state index contributed by atoms with van der Waals surface area (Å²) in [5.41, 5.74) is 0. The molecule has 0 amide bonds. The minimum absolute atomic E-state index is 0.215. The monoisotopic (exact) mass is 239 g/mol. The molecule has 1 aromatic heterocycles. The fraction of sp³-hybridized carbons (Fsp3) is 0.818. The third-order valence-electron chi connectivity index (χ3n) is 3.23. The van der Waals surface area contributed by atoms with Crippen LogP contribution in [0.3, 0.4) is 0 Å². The second kappa shape index (κ2) is 5.12. The van der Waals surface area contributed by atoms with Gasteiger partial charge in [0.2, 0.25) is 0 Å². The van der Waals surface area contributed by atoms with Gasteiger partial charge in [-0.05, 0) is 20.5 Å². The lowest BCUT2D eigenvalue weighted by Gasteiger charge is -2.25. The summed E-state index contributed by atoms with van der Waals surface area (Å²) in [7, 11) is 6.02. The van der Waals surface area contributed by atoms with Crippen molar-refractivity contribution in [1.29, 1.82) is 0 Å². The van der Waals surface area contributed by atoms with Crippen LogP contribution in [0.15, 0.2) is 6.33 Å². The molecule has 2 unspecified atom stereocenters. The maximum Gasteiger partial charge on any atom is 0.140 e. The molecule has 0 radical (unpaired) electrons. The average molecular weight is 239 g/mol. The molecule has 1 aliphatic heterocycles. The Balaban J connectivity index is 2.01. The lowest BCUT2D eigenvalue weighted by Crippen LogP contribution is -2.37. The molecular weight excluding hydrogens is 218 g/mol. The van der Waals surface area contributed by atoms with Crippen molar-refractivity contribution in [3.05, 3.63) is 12.2 Å². The van der Waals surface area contributed by atoms with Gasteiger partial charge in [0.05, 0.1) is 12.6 Å². The second-order valence-corrected chi connectivity index (χ2v) is 5.03. The van der Waals surface area contributed by atoms with Gasteiger partial charge in [-0.25, -0.2) is 4.98 Å². The van der Waals surface area contributed by atoms with Crippen molar-refractivity contribution in [3.8, 4) is 0 Å². The van der Waals surface area contributed by atoms with Gasteiger partial charge in [-0.15, -0.1) is 0 Å². The molecule has 0 aliphatic carbocycles. The SMILES string of the molecule is CN(C)CC1CC(O)CN1Cc1ncnn1C. The van der Waals surface area contributed by atoms with Crippen LogP contribution in [0, 0.1) is 0 Å². The lowest BCUT2D eigenvalue weighted by atomic mass is 10.2. The highest BCUT2D eigenvalue weighted by molar-refractivity contribution is 4.91. The van der Waals surface area contributed by atoms with Crippen molar-refractivity contribution in [2.24, 2.45) is 7.05 Å². The van der Waals surface area contributed by atoms with Crippen LogP contribution in [0.5, 0.6) is 0 Å². The van der Waals surface area contributed by atoms with Gasteiger partial charge in [-0.1, -0.05) is 0 Å². The molecule has 96 valence electrons. The lowest BCUT2D eigenvalue weighted by molar-refractivity contribution is 0.166. The molecule has 17 heavy (non-hydrogen) atoms. The van der Waals surface area contributed by atoms with E-state index in [1.54, 1.807) is 11.0 Å². The number of likely N-dealkylation sites (tertiary alicyclic amines) is 1. The first-order chi connectivity index (χ1) is 8.06. The van der Waals surface area contributed by atoms with E-state index >= 15 is 0 Å². The van der Waals surface area contributed by atoms with Crippen molar-refractivity contribution in [2.75, 3.05) is 27.2 Å². The fourth-order valence-corrected chi connectivity index (χ4v) is 2.41. The van der Waals surface area contributed by atoms with Crippen LogP contribution in [0.1, 0.15) is 12.2 Å². The summed E-state index contributed by atoms with van der Waals surface area (Å²) >= 11 is 0. The second-order valence-electron chi connectivity index (χ2n) is 5.03. The summed E-state index contributed by atoms with van der Waals surface area (Å²) in [5.74, 6) is 0.947. The Labute approximate surface area is 102 Å². The van der Waals surface area contributed by atoms with Crippen molar-refractivity contribution < 1.29 is 5.11 Å². The van der Waals surface area contributed by atoms with Gasteiger partial charge < -0.3 is 10.0 Å². The van der Waals surface area contributed by atoms with E-state index in [0.717, 1.165) is 31.9 Å².